The Labute approximate surface area is 161 Å². The molecular weight excluding hydrogens is 364 g/mol. The Bertz CT molecular complexity index is 1110. The first kappa shape index (κ1) is 17.5. The number of aromatic amines is 1. The predicted octanol–water partition coefficient (Wildman–Crippen LogP) is 3.73. The number of amides is 1. The van der Waals surface area contributed by atoms with Crippen LogP contribution in [0.15, 0.2) is 41.3 Å². The smallest absolute Gasteiger partial charge is 0.254 e. The fourth-order valence-electron chi connectivity index (χ4n) is 3.46. The monoisotopic (exact) mass is 382 g/mol. The van der Waals surface area contributed by atoms with Gasteiger partial charge in [-0.3, -0.25) is 9.59 Å². The summed E-state index contributed by atoms with van der Waals surface area (Å²) in [6.45, 7) is 5.02. The van der Waals surface area contributed by atoms with Crippen LogP contribution in [0.5, 0.6) is 0 Å². The number of hydrogen-bond donors (Lipinski definition) is 2. The summed E-state index contributed by atoms with van der Waals surface area (Å²) >= 11 is 6.07. The lowest BCUT2D eigenvalue weighted by Crippen LogP contribution is -2.23. The average Bonchev–Trinajstić information content (AvgIpc) is 2.98. The summed E-state index contributed by atoms with van der Waals surface area (Å²) in [5, 5.41) is 4.78. The van der Waals surface area contributed by atoms with Crippen LogP contribution in [0.3, 0.4) is 0 Å². The molecule has 0 aliphatic carbocycles. The summed E-state index contributed by atoms with van der Waals surface area (Å²) in [4.78, 5) is 34.0. The maximum atomic E-state index is 12.5. The minimum absolute atomic E-state index is 0.0174. The predicted molar refractivity (Wildman–Crippen MR) is 106 cm³/mol. The Morgan fingerprint density at radius 2 is 2.11 bits per heavy atom. The topological polar surface area (TPSA) is 78.1 Å². The van der Waals surface area contributed by atoms with Crippen LogP contribution in [0.4, 0.5) is 5.82 Å². The van der Waals surface area contributed by atoms with Crippen molar-refractivity contribution in [3.05, 3.63) is 68.6 Å². The van der Waals surface area contributed by atoms with E-state index in [0.717, 1.165) is 16.5 Å². The molecule has 0 saturated carbocycles. The van der Waals surface area contributed by atoms with Gasteiger partial charge in [-0.25, -0.2) is 4.98 Å². The third kappa shape index (κ3) is 3.06. The first-order valence-electron chi connectivity index (χ1n) is 8.84. The normalized spacial score (nSPS) is 14.5. The van der Waals surface area contributed by atoms with E-state index in [-0.39, 0.29) is 17.5 Å². The summed E-state index contributed by atoms with van der Waals surface area (Å²) in [6, 6.07) is 8.64. The van der Waals surface area contributed by atoms with E-state index in [0.29, 0.717) is 35.1 Å². The second kappa shape index (κ2) is 6.70. The standard InChI is InChI=1S/C20H19ClN4O2/c1-3-25-10-16-14(20(25)27)6-7-22-18(16)23-11(2)15-9-12-8-13(21)4-5-17(12)24-19(15)26/h4-9,11H,3,10H2,1-2H3,(H,22,23)(H,24,26). The fourth-order valence-corrected chi connectivity index (χ4v) is 3.65. The number of benzene rings is 1. The van der Waals surface area contributed by atoms with E-state index in [9.17, 15) is 9.59 Å². The van der Waals surface area contributed by atoms with Crippen LogP contribution in [-0.2, 0) is 6.54 Å². The zero-order valence-corrected chi connectivity index (χ0v) is 15.8. The molecule has 1 aliphatic heterocycles. The van der Waals surface area contributed by atoms with Crippen LogP contribution in [0.25, 0.3) is 10.9 Å². The van der Waals surface area contributed by atoms with Crippen molar-refractivity contribution >= 4 is 34.2 Å². The van der Waals surface area contributed by atoms with Crippen molar-refractivity contribution in [2.75, 3.05) is 11.9 Å². The molecule has 0 bridgehead atoms. The maximum Gasteiger partial charge on any atom is 0.254 e. The first-order chi connectivity index (χ1) is 13.0. The molecule has 0 saturated heterocycles. The Morgan fingerprint density at radius 3 is 2.89 bits per heavy atom. The third-order valence-corrected chi connectivity index (χ3v) is 5.19. The molecule has 6 nitrogen and oxygen atoms in total. The highest BCUT2D eigenvalue weighted by molar-refractivity contribution is 6.31. The van der Waals surface area contributed by atoms with Crippen LogP contribution in [0, 0.1) is 0 Å². The summed E-state index contributed by atoms with van der Waals surface area (Å²) in [5.74, 6) is 0.652. The number of carbonyl (C=O) groups is 1. The Balaban J connectivity index is 1.69. The van der Waals surface area contributed by atoms with Gasteiger partial charge < -0.3 is 15.2 Å². The van der Waals surface area contributed by atoms with Gasteiger partial charge in [0.15, 0.2) is 0 Å². The lowest BCUT2D eigenvalue weighted by Gasteiger charge is -2.17. The number of nitrogens with one attached hydrogen (secondary N) is 2. The number of pyridine rings is 2. The van der Waals surface area contributed by atoms with Crippen molar-refractivity contribution in [1.82, 2.24) is 14.9 Å². The summed E-state index contributed by atoms with van der Waals surface area (Å²) in [5.41, 5.74) is 2.70. The van der Waals surface area contributed by atoms with Gasteiger partial charge in [0.1, 0.15) is 5.82 Å². The third-order valence-electron chi connectivity index (χ3n) is 4.96. The molecule has 1 amide bonds. The van der Waals surface area contributed by atoms with Gasteiger partial charge in [-0.15, -0.1) is 0 Å². The number of nitrogens with zero attached hydrogens (tertiary/aromatic N) is 2. The van der Waals surface area contributed by atoms with Gasteiger partial charge in [0.2, 0.25) is 0 Å². The molecule has 7 heteroatoms. The van der Waals surface area contributed by atoms with E-state index in [1.54, 1.807) is 29.3 Å². The van der Waals surface area contributed by atoms with Gasteiger partial charge in [0, 0.05) is 45.4 Å². The van der Waals surface area contributed by atoms with Crippen LogP contribution < -0.4 is 10.9 Å². The second-order valence-electron chi connectivity index (χ2n) is 6.66. The van der Waals surface area contributed by atoms with Crippen LogP contribution >= 0.6 is 11.6 Å². The molecular formula is C20H19ClN4O2. The highest BCUT2D eigenvalue weighted by Crippen LogP contribution is 2.29. The molecule has 0 radical (unpaired) electrons. The molecule has 1 atom stereocenters. The molecule has 1 aromatic carbocycles. The quantitative estimate of drug-likeness (QED) is 0.720. The van der Waals surface area contributed by atoms with Gasteiger partial charge >= 0.3 is 0 Å². The minimum Gasteiger partial charge on any atom is -0.363 e. The van der Waals surface area contributed by atoms with E-state index in [4.69, 9.17) is 11.6 Å². The molecule has 3 aromatic rings. The fraction of sp³-hybridized carbons (Fsp3) is 0.250. The number of carbonyl (C=O) groups excluding carboxylic acids is 1. The van der Waals surface area contributed by atoms with E-state index in [2.05, 4.69) is 15.3 Å². The number of H-pyrrole nitrogens is 1. The summed E-state index contributed by atoms with van der Waals surface area (Å²) in [6.07, 6.45) is 1.62. The number of rotatable bonds is 4. The van der Waals surface area contributed by atoms with E-state index >= 15 is 0 Å². The molecule has 1 unspecified atom stereocenters. The summed E-state index contributed by atoms with van der Waals surface area (Å²) < 4.78 is 0. The largest absolute Gasteiger partial charge is 0.363 e. The minimum atomic E-state index is -0.290. The van der Waals surface area contributed by atoms with Crippen molar-refractivity contribution < 1.29 is 4.79 Å². The van der Waals surface area contributed by atoms with Crippen LogP contribution in [0.2, 0.25) is 5.02 Å². The molecule has 0 fully saturated rings. The molecule has 138 valence electrons. The van der Waals surface area contributed by atoms with Crippen molar-refractivity contribution in [3.63, 3.8) is 0 Å². The van der Waals surface area contributed by atoms with Gasteiger partial charge in [-0.05, 0) is 44.2 Å². The van der Waals surface area contributed by atoms with Gasteiger partial charge in [0.05, 0.1) is 12.6 Å². The summed E-state index contributed by atoms with van der Waals surface area (Å²) in [7, 11) is 0. The number of hydrogen-bond acceptors (Lipinski definition) is 4. The number of fused-ring (bicyclic) bond motifs is 2. The molecule has 2 N–H and O–H groups in total. The molecule has 2 aromatic heterocycles. The van der Waals surface area contributed by atoms with Gasteiger partial charge in [0.25, 0.3) is 11.5 Å². The lowest BCUT2D eigenvalue weighted by molar-refractivity contribution is 0.0787. The van der Waals surface area contributed by atoms with Crippen molar-refractivity contribution in [3.8, 4) is 0 Å². The molecule has 3 heterocycles. The Morgan fingerprint density at radius 1 is 1.30 bits per heavy atom. The Hall–Kier alpha value is -2.86. The van der Waals surface area contributed by atoms with E-state index in [1.165, 1.54) is 0 Å². The molecule has 27 heavy (non-hydrogen) atoms. The lowest BCUT2D eigenvalue weighted by atomic mass is 10.1. The molecule has 4 rings (SSSR count). The SMILES string of the molecule is CCN1Cc2c(ccnc2NC(C)c2cc3cc(Cl)ccc3[nH]c2=O)C1=O. The number of anilines is 1. The van der Waals surface area contributed by atoms with Crippen LogP contribution in [0.1, 0.15) is 41.4 Å². The highest BCUT2D eigenvalue weighted by Gasteiger charge is 2.29. The van der Waals surface area contributed by atoms with E-state index < -0.39 is 0 Å². The van der Waals surface area contributed by atoms with Crippen molar-refractivity contribution in [2.45, 2.75) is 26.4 Å². The maximum absolute atomic E-state index is 12.5. The highest BCUT2D eigenvalue weighted by atomic mass is 35.5. The van der Waals surface area contributed by atoms with Crippen molar-refractivity contribution in [1.29, 1.82) is 0 Å². The molecule has 0 spiro atoms. The zero-order chi connectivity index (χ0) is 19.1. The first-order valence-corrected chi connectivity index (χ1v) is 9.22. The van der Waals surface area contributed by atoms with Crippen LogP contribution in [-0.4, -0.2) is 27.3 Å². The van der Waals surface area contributed by atoms with Gasteiger partial charge in [-0.1, -0.05) is 11.6 Å². The average molecular weight is 383 g/mol. The Kier molecular flexibility index (Phi) is 4.36. The van der Waals surface area contributed by atoms with Crippen molar-refractivity contribution in [2.24, 2.45) is 0 Å². The zero-order valence-electron chi connectivity index (χ0n) is 15.0. The molecule has 1 aliphatic rings. The second-order valence-corrected chi connectivity index (χ2v) is 7.09. The van der Waals surface area contributed by atoms with E-state index in [1.807, 2.05) is 26.0 Å². The number of halogens is 1. The number of aromatic nitrogens is 2. The van der Waals surface area contributed by atoms with Gasteiger partial charge in [-0.2, -0.15) is 0 Å².